The van der Waals surface area contributed by atoms with Gasteiger partial charge < -0.3 is 20.3 Å². The number of nitrogens with zero attached hydrogens (tertiary/aromatic N) is 3. The molecule has 2 N–H and O–H groups in total. The lowest BCUT2D eigenvalue weighted by atomic mass is 10.0. The van der Waals surface area contributed by atoms with E-state index in [0.29, 0.717) is 24.2 Å². The SMILES string of the molecule is CN=C(NCc1ccc(N(C)C)c(F)c1)NCC(C(C)C)N1CCOCC1.I. The molecule has 0 spiro atoms. The van der Waals surface area contributed by atoms with Gasteiger partial charge in [-0.2, -0.15) is 0 Å². The van der Waals surface area contributed by atoms with Gasteiger partial charge in [0.1, 0.15) is 5.82 Å². The predicted molar refractivity (Wildman–Crippen MR) is 125 cm³/mol. The molecule has 2 rings (SSSR count). The lowest BCUT2D eigenvalue weighted by Gasteiger charge is -2.37. The molecular formula is C20H35FIN5O. The van der Waals surface area contributed by atoms with Gasteiger partial charge in [0, 0.05) is 53.4 Å². The number of anilines is 1. The first-order valence-corrected chi connectivity index (χ1v) is 9.64. The van der Waals surface area contributed by atoms with E-state index in [9.17, 15) is 4.39 Å². The third-order valence-electron chi connectivity index (χ3n) is 4.94. The third kappa shape index (κ3) is 7.36. The summed E-state index contributed by atoms with van der Waals surface area (Å²) in [5.74, 6) is 1.04. The Balaban J connectivity index is 0.00000392. The van der Waals surface area contributed by atoms with Crippen molar-refractivity contribution in [2.75, 3.05) is 58.9 Å². The number of morpholine rings is 1. The fourth-order valence-electron chi connectivity index (χ4n) is 3.33. The number of nitrogens with one attached hydrogen (secondary N) is 2. The topological polar surface area (TPSA) is 52.1 Å². The second kappa shape index (κ2) is 12.4. The number of rotatable bonds is 7. The maximum atomic E-state index is 14.1. The molecule has 160 valence electrons. The van der Waals surface area contributed by atoms with Crippen molar-refractivity contribution in [1.29, 1.82) is 0 Å². The Morgan fingerprint density at radius 1 is 1.25 bits per heavy atom. The number of hydrogen-bond donors (Lipinski definition) is 2. The highest BCUT2D eigenvalue weighted by atomic mass is 127. The average molecular weight is 507 g/mol. The zero-order chi connectivity index (χ0) is 19.8. The number of guanidine groups is 1. The van der Waals surface area contributed by atoms with Crippen LogP contribution in [0.25, 0.3) is 0 Å². The maximum Gasteiger partial charge on any atom is 0.191 e. The molecule has 28 heavy (non-hydrogen) atoms. The smallest absolute Gasteiger partial charge is 0.191 e. The van der Waals surface area contributed by atoms with Crippen LogP contribution in [0.15, 0.2) is 23.2 Å². The normalized spacial score (nSPS) is 16.5. The molecule has 6 nitrogen and oxygen atoms in total. The summed E-state index contributed by atoms with van der Waals surface area (Å²) in [6.07, 6.45) is 0. The molecule has 1 fully saturated rings. The van der Waals surface area contributed by atoms with Gasteiger partial charge in [-0.05, 0) is 23.6 Å². The van der Waals surface area contributed by atoms with Crippen LogP contribution in [-0.2, 0) is 11.3 Å². The molecule has 0 bridgehead atoms. The Morgan fingerprint density at radius 3 is 2.46 bits per heavy atom. The molecule has 0 aromatic heterocycles. The van der Waals surface area contributed by atoms with Gasteiger partial charge in [0.25, 0.3) is 0 Å². The summed E-state index contributed by atoms with van der Waals surface area (Å²) in [6.45, 7) is 9.34. The van der Waals surface area contributed by atoms with Crippen LogP contribution in [0, 0.1) is 11.7 Å². The summed E-state index contributed by atoms with van der Waals surface area (Å²) >= 11 is 0. The molecule has 1 aromatic carbocycles. The Morgan fingerprint density at radius 2 is 1.93 bits per heavy atom. The Labute approximate surface area is 185 Å². The summed E-state index contributed by atoms with van der Waals surface area (Å²) in [6, 6.07) is 5.73. The highest BCUT2D eigenvalue weighted by Gasteiger charge is 2.23. The largest absolute Gasteiger partial charge is 0.379 e. The monoisotopic (exact) mass is 507 g/mol. The van der Waals surface area contributed by atoms with Crippen LogP contribution in [0.2, 0.25) is 0 Å². The Bertz CT molecular complexity index is 621. The van der Waals surface area contributed by atoms with Gasteiger partial charge in [-0.25, -0.2) is 4.39 Å². The van der Waals surface area contributed by atoms with E-state index in [0.717, 1.165) is 44.4 Å². The molecule has 0 radical (unpaired) electrons. The molecule has 1 aromatic rings. The van der Waals surface area contributed by atoms with Gasteiger partial charge in [-0.15, -0.1) is 24.0 Å². The van der Waals surface area contributed by atoms with Crippen molar-refractivity contribution in [3.05, 3.63) is 29.6 Å². The minimum Gasteiger partial charge on any atom is -0.379 e. The van der Waals surface area contributed by atoms with E-state index < -0.39 is 0 Å². The van der Waals surface area contributed by atoms with E-state index in [-0.39, 0.29) is 29.8 Å². The molecule has 8 heteroatoms. The average Bonchev–Trinajstić information content (AvgIpc) is 2.64. The van der Waals surface area contributed by atoms with Gasteiger partial charge in [0.15, 0.2) is 5.96 Å². The Kier molecular flexibility index (Phi) is 11.1. The summed E-state index contributed by atoms with van der Waals surface area (Å²) in [7, 11) is 5.42. The van der Waals surface area contributed by atoms with Gasteiger partial charge in [-0.1, -0.05) is 19.9 Å². The zero-order valence-corrected chi connectivity index (χ0v) is 20.0. The molecule has 1 atom stereocenters. The van der Waals surface area contributed by atoms with Crippen molar-refractivity contribution in [1.82, 2.24) is 15.5 Å². The van der Waals surface area contributed by atoms with Gasteiger partial charge >= 0.3 is 0 Å². The van der Waals surface area contributed by atoms with E-state index in [2.05, 4.69) is 34.4 Å². The molecule has 0 saturated carbocycles. The van der Waals surface area contributed by atoms with Crippen LogP contribution in [0.1, 0.15) is 19.4 Å². The minimum atomic E-state index is -0.213. The number of benzene rings is 1. The summed E-state index contributed by atoms with van der Waals surface area (Å²) in [5.41, 5.74) is 1.47. The van der Waals surface area contributed by atoms with Crippen LogP contribution in [0.5, 0.6) is 0 Å². The fraction of sp³-hybridized carbons (Fsp3) is 0.650. The second-order valence-electron chi connectivity index (χ2n) is 7.45. The molecule has 1 heterocycles. The molecular weight excluding hydrogens is 472 g/mol. The minimum absolute atomic E-state index is 0. The molecule has 1 aliphatic heterocycles. The summed E-state index contributed by atoms with van der Waals surface area (Å²) in [4.78, 5) is 8.54. The molecule has 0 amide bonds. The van der Waals surface area contributed by atoms with Crippen LogP contribution >= 0.6 is 24.0 Å². The Hall–Kier alpha value is -1.13. The third-order valence-corrected chi connectivity index (χ3v) is 4.94. The second-order valence-corrected chi connectivity index (χ2v) is 7.45. The predicted octanol–water partition coefficient (Wildman–Crippen LogP) is 2.53. The lowest BCUT2D eigenvalue weighted by Crippen LogP contribution is -2.52. The first-order valence-electron chi connectivity index (χ1n) is 9.64. The van der Waals surface area contributed by atoms with E-state index in [1.807, 2.05) is 20.2 Å². The van der Waals surface area contributed by atoms with Crippen molar-refractivity contribution >= 4 is 35.6 Å². The highest BCUT2D eigenvalue weighted by molar-refractivity contribution is 14.0. The van der Waals surface area contributed by atoms with Crippen molar-refractivity contribution < 1.29 is 9.13 Å². The molecule has 1 saturated heterocycles. The standard InChI is InChI=1S/C20H34FN5O.HI/c1-15(2)19(26-8-10-27-11-9-26)14-24-20(22-3)23-13-16-6-7-18(25(4)5)17(21)12-16;/h6-7,12,15,19H,8-11,13-14H2,1-5H3,(H2,22,23,24);1H. The lowest BCUT2D eigenvalue weighted by molar-refractivity contribution is 0.00752. The van der Waals surface area contributed by atoms with Crippen molar-refractivity contribution in [2.24, 2.45) is 10.9 Å². The fourth-order valence-corrected chi connectivity index (χ4v) is 3.33. The summed E-state index contributed by atoms with van der Waals surface area (Å²) < 4.78 is 19.6. The number of aliphatic imine (C=N–C) groups is 1. The molecule has 0 aliphatic carbocycles. The van der Waals surface area contributed by atoms with Crippen molar-refractivity contribution in [2.45, 2.75) is 26.4 Å². The van der Waals surface area contributed by atoms with E-state index >= 15 is 0 Å². The van der Waals surface area contributed by atoms with Crippen LogP contribution in [-0.4, -0.2) is 70.9 Å². The number of hydrogen-bond acceptors (Lipinski definition) is 4. The van der Waals surface area contributed by atoms with Crippen molar-refractivity contribution in [3.8, 4) is 0 Å². The maximum absolute atomic E-state index is 14.1. The van der Waals surface area contributed by atoms with Crippen molar-refractivity contribution in [3.63, 3.8) is 0 Å². The van der Waals surface area contributed by atoms with E-state index in [1.54, 1.807) is 24.1 Å². The number of ether oxygens (including phenoxy) is 1. The van der Waals surface area contributed by atoms with E-state index in [1.165, 1.54) is 0 Å². The van der Waals surface area contributed by atoms with Crippen LogP contribution in [0.3, 0.4) is 0 Å². The zero-order valence-electron chi connectivity index (χ0n) is 17.7. The van der Waals surface area contributed by atoms with Crippen LogP contribution < -0.4 is 15.5 Å². The summed E-state index contributed by atoms with van der Waals surface area (Å²) in [5, 5.41) is 6.69. The quantitative estimate of drug-likeness (QED) is 0.338. The molecule has 1 unspecified atom stereocenters. The first-order chi connectivity index (χ1) is 12.9. The molecule has 1 aliphatic rings. The first kappa shape index (κ1) is 24.9. The number of halogens is 2. The van der Waals surface area contributed by atoms with Crippen LogP contribution in [0.4, 0.5) is 10.1 Å². The van der Waals surface area contributed by atoms with Gasteiger partial charge in [0.2, 0.25) is 0 Å². The van der Waals surface area contributed by atoms with E-state index in [4.69, 9.17) is 4.74 Å². The van der Waals surface area contributed by atoms with Gasteiger partial charge in [0.05, 0.1) is 18.9 Å². The van der Waals surface area contributed by atoms with Gasteiger partial charge in [-0.3, -0.25) is 9.89 Å². The highest BCUT2D eigenvalue weighted by Crippen LogP contribution is 2.18.